The number of carbonyl (C=O) groups excluding carboxylic acids is 1. The molecule has 0 spiro atoms. The molecule has 3 aromatic carbocycles. The predicted molar refractivity (Wildman–Crippen MR) is 163 cm³/mol. The first-order chi connectivity index (χ1) is 21.4. The molecule has 1 aliphatic carbocycles. The summed E-state index contributed by atoms with van der Waals surface area (Å²) in [5.74, 6) is 0.101. The van der Waals surface area contributed by atoms with E-state index in [4.69, 9.17) is 4.98 Å². The minimum atomic E-state index is -4.83. The van der Waals surface area contributed by atoms with E-state index in [1.165, 1.54) is 28.7 Å². The largest absolute Gasteiger partial charge is 0.573 e. The van der Waals surface area contributed by atoms with Crippen LogP contribution >= 0.6 is 0 Å². The zero-order chi connectivity index (χ0) is 31.9. The fraction of sp³-hybridized carbons (Fsp3) is 0.343. The fourth-order valence-corrected chi connectivity index (χ4v) is 6.10. The van der Waals surface area contributed by atoms with Gasteiger partial charge in [-0.2, -0.15) is 0 Å². The smallest absolute Gasteiger partial charge is 0.406 e. The van der Waals surface area contributed by atoms with E-state index in [9.17, 15) is 27.9 Å². The third kappa shape index (κ3) is 6.38. The molecule has 1 fully saturated rings. The highest BCUT2D eigenvalue weighted by molar-refractivity contribution is 5.83. The number of carbonyl (C=O) groups is 1. The van der Waals surface area contributed by atoms with Gasteiger partial charge >= 0.3 is 6.36 Å². The number of hydrogen-bond acceptors (Lipinski definition) is 5. The molecule has 0 unspecified atom stereocenters. The molecule has 45 heavy (non-hydrogen) atoms. The Labute approximate surface area is 258 Å². The lowest BCUT2D eigenvalue weighted by Gasteiger charge is -2.24. The van der Waals surface area contributed by atoms with Crippen LogP contribution in [-0.4, -0.2) is 38.8 Å². The van der Waals surface area contributed by atoms with Crippen molar-refractivity contribution in [3.63, 3.8) is 0 Å². The van der Waals surface area contributed by atoms with E-state index in [0.29, 0.717) is 53.5 Å². The molecule has 2 heterocycles. The van der Waals surface area contributed by atoms with E-state index in [1.807, 2.05) is 0 Å². The van der Waals surface area contributed by atoms with Gasteiger partial charge in [0.1, 0.15) is 11.6 Å². The number of H-pyrrole nitrogens is 1. The lowest BCUT2D eigenvalue weighted by molar-refractivity contribution is -0.274. The number of aromatic amines is 1. The average molecular weight is 618 g/mol. The van der Waals surface area contributed by atoms with Crippen molar-refractivity contribution in [3.05, 3.63) is 117 Å². The standard InChI is InChI=1S/C35H34F3N3O4/c1-21(2)22-7-4-11-26(18-22)34(14-15-34)33-39-29-13-6-16-41(20-28(29)31(43)40-33)32(44)30(42)25-10-3-8-23(17-25)24-9-5-12-27(19-24)45-35(36,37)38/h3-5,7-12,17-19,21,30,42H,6,13-16,20H2,1-2H3,(H,39,40,43)/t30-/m1/s1. The number of benzene rings is 3. The summed E-state index contributed by atoms with van der Waals surface area (Å²) in [5.41, 5.74) is 4.09. The molecular weight excluding hydrogens is 583 g/mol. The van der Waals surface area contributed by atoms with Crippen LogP contribution in [0.2, 0.25) is 0 Å². The SMILES string of the molecule is CC(C)c1cccc(C2(c3nc4c(c(=O)[nH]3)CN(C(=O)[C@H](O)c3cccc(-c5cccc(OC(F)(F)F)c5)c3)CCC4)CC2)c1. The molecule has 1 saturated carbocycles. The molecule has 6 rings (SSSR count). The summed E-state index contributed by atoms with van der Waals surface area (Å²) in [6.07, 6.45) is -3.47. The van der Waals surface area contributed by atoms with E-state index in [-0.39, 0.29) is 28.8 Å². The molecule has 4 aromatic rings. The van der Waals surface area contributed by atoms with Crippen LogP contribution in [0.25, 0.3) is 11.1 Å². The third-order valence-electron chi connectivity index (χ3n) is 8.75. The van der Waals surface area contributed by atoms with Crippen molar-refractivity contribution in [2.24, 2.45) is 0 Å². The van der Waals surface area contributed by atoms with Crippen molar-refractivity contribution in [1.82, 2.24) is 14.9 Å². The topological polar surface area (TPSA) is 95.5 Å². The van der Waals surface area contributed by atoms with Gasteiger partial charge in [0.05, 0.1) is 23.2 Å². The van der Waals surface area contributed by atoms with Crippen LogP contribution < -0.4 is 10.3 Å². The molecule has 7 nitrogen and oxygen atoms in total. The van der Waals surface area contributed by atoms with Gasteiger partial charge in [-0.05, 0) is 77.6 Å². The van der Waals surface area contributed by atoms with Gasteiger partial charge in [-0.15, -0.1) is 13.2 Å². The minimum absolute atomic E-state index is 0.0141. The molecular formula is C35H34F3N3O4. The quantitative estimate of drug-likeness (QED) is 0.245. The summed E-state index contributed by atoms with van der Waals surface area (Å²) in [6, 6.07) is 20.4. The number of rotatable bonds is 7. The first-order valence-corrected chi connectivity index (χ1v) is 15.1. The normalized spacial score (nSPS) is 16.6. The number of alkyl halides is 3. The molecule has 1 aromatic heterocycles. The summed E-state index contributed by atoms with van der Waals surface area (Å²) in [7, 11) is 0. The number of aliphatic hydroxyl groups is 1. The number of halogens is 3. The van der Waals surface area contributed by atoms with Crippen molar-refractivity contribution in [2.45, 2.75) is 69.9 Å². The van der Waals surface area contributed by atoms with E-state index < -0.39 is 18.4 Å². The van der Waals surface area contributed by atoms with Crippen molar-refractivity contribution < 1.29 is 27.8 Å². The molecule has 0 saturated heterocycles. The van der Waals surface area contributed by atoms with Crippen LogP contribution in [0.4, 0.5) is 13.2 Å². The van der Waals surface area contributed by atoms with Crippen LogP contribution in [0.5, 0.6) is 5.75 Å². The summed E-state index contributed by atoms with van der Waals surface area (Å²) in [6.45, 7) is 4.65. The lowest BCUT2D eigenvalue weighted by atomic mass is 9.90. The number of amides is 1. The zero-order valence-corrected chi connectivity index (χ0v) is 25.0. The number of nitrogens with one attached hydrogen (secondary N) is 1. The molecule has 0 bridgehead atoms. The zero-order valence-electron chi connectivity index (χ0n) is 25.0. The van der Waals surface area contributed by atoms with Crippen LogP contribution in [0, 0.1) is 0 Å². The van der Waals surface area contributed by atoms with Crippen LogP contribution in [0.3, 0.4) is 0 Å². The van der Waals surface area contributed by atoms with E-state index in [0.717, 1.165) is 18.4 Å². The molecule has 2 aliphatic rings. The Morgan fingerprint density at radius 2 is 1.69 bits per heavy atom. The predicted octanol–water partition coefficient (Wildman–Crippen LogP) is 6.55. The molecule has 1 amide bonds. The van der Waals surface area contributed by atoms with E-state index >= 15 is 0 Å². The molecule has 1 aliphatic heterocycles. The Bertz CT molecular complexity index is 1800. The Morgan fingerprint density at radius 3 is 2.40 bits per heavy atom. The molecule has 10 heteroatoms. The van der Waals surface area contributed by atoms with Crippen molar-refractivity contribution in [3.8, 4) is 16.9 Å². The van der Waals surface area contributed by atoms with Gasteiger partial charge in [0.2, 0.25) is 0 Å². The Morgan fingerprint density at radius 1 is 1.00 bits per heavy atom. The number of fused-ring (bicyclic) bond motifs is 1. The maximum absolute atomic E-state index is 13.5. The highest BCUT2D eigenvalue weighted by atomic mass is 19.4. The maximum Gasteiger partial charge on any atom is 0.573 e. The number of hydrogen-bond donors (Lipinski definition) is 2. The summed E-state index contributed by atoms with van der Waals surface area (Å²) in [5, 5.41) is 11.1. The Hall–Kier alpha value is -4.44. The molecule has 0 radical (unpaired) electrons. The van der Waals surface area contributed by atoms with Crippen LogP contribution in [0.1, 0.15) is 78.9 Å². The average Bonchev–Trinajstić information content (AvgIpc) is 3.85. The highest BCUT2D eigenvalue weighted by Gasteiger charge is 2.49. The second kappa shape index (κ2) is 11.8. The molecule has 1 atom stereocenters. The minimum Gasteiger partial charge on any atom is -0.406 e. The summed E-state index contributed by atoms with van der Waals surface area (Å²) < 4.78 is 42.2. The van der Waals surface area contributed by atoms with Gasteiger partial charge in [0, 0.05) is 6.54 Å². The Balaban J connectivity index is 1.22. The monoisotopic (exact) mass is 617 g/mol. The van der Waals surface area contributed by atoms with Crippen molar-refractivity contribution in [1.29, 1.82) is 0 Å². The third-order valence-corrected chi connectivity index (χ3v) is 8.75. The lowest BCUT2D eigenvalue weighted by Crippen LogP contribution is -2.36. The Kier molecular flexibility index (Phi) is 8.03. The first kappa shape index (κ1) is 30.6. The number of ether oxygens (including phenoxy) is 1. The maximum atomic E-state index is 13.5. The number of aliphatic hydroxyl groups excluding tert-OH is 1. The van der Waals surface area contributed by atoms with Gasteiger partial charge in [0.15, 0.2) is 6.10 Å². The fourth-order valence-electron chi connectivity index (χ4n) is 6.10. The van der Waals surface area contributed by atoms with Gasteiger partial charge < -0.3 is 19.7 Å². The van der Waals surface area contributed by atoms with Crippen molar-refractivity contribution in [2.75, 3.05) is 6.54 Å². The first-order valence-electron chi connectivity index (χ1n) is 15.1. The second-order valence-corrected chi connectivity index (χ2v) is 12.2. The summed E-state index contributed by atoms with van der Waals surface area (Å²) >= 11 is 0. The number of aromatic nitrogens is 2. The molecule has 2 N–H and O–H groups in total. The molecule has 234 valence electrons. The van der Waals surface area contributed by atoms with E-state index in [2.05, 4.69) is 47.8 Å². The number of nitrogens with zero attached hydrogens (tertiary/aromatic N) is 2. The van der Waals surface area contributed by atoms with Crippen LogP contribution in [0.15, 0.2) is 77.6 Å². The van der Waals surface area contributed by atoms with Crippen molar-refractivity contribution >= 4 is 5.91 Å². The van der Waals surface area contributed by atoms with Gasteiger partial charge in [-0.3, -0.25) is 9.59 Å². The van der Waals surface area contributed by atoms with Gasteiger partial charge in [-0.1, -0.05) is 68.4 Å². The van der Waals surface area contributed by atoms with Gasteiger partial charge in [0.25, 0.3) is 11.5 Å². The van der Waals surface area contributed by atoms with E-state index in [1.54, 1.807) is 30.3 Å². The second-order valence-electron chi connectivity index (χ2n) is 12.2. The number of aryl methyl sites for hydroxylation is 1. The summed E-state index contributed by atoms with van der Waals surface area (Å²) in [4.78, 5) is 36.5. The highest BCUT2D eigenvalue weighted by Crippen LogP contribution is 2.52. The van der Waals surface area contributed by atoms with Crippen LogP contribution in [-0.2, 0) is 23.2 Å². The van der Waals surface area contributed by atoms with Gasteiger partial charge in [-0.25, -0.2) is 4.98 Å².